The van der Waals surface area contributed by atoms with Crippen LogP contribution in [0.5, 0.6) is 5.75 Å². The normalized spacial score (nSPS) is 15.6. The molecule has 3 aromatic rings. The van der Waals surface area contributed by atoms with Crippen LogP contribution in [-0.2, 0) is 0 Å². The molecular weight excluding hydrogens is 464 g/mol. The summed E-state index contributed by atoms with van der Waals surface area (Å²) in [6, 6.07) is 21.3. The van der Waals surface area contributed by atoms with Crippen molar-refractivity contribution in [1.29, 1.82) is 0 Å². The highest BCUT2D eigenvalue weighted by molar-refractivity contribution is 6.07. The van der Waals surface area contributed by atoms with Gasteiger partial charge in [0.2, 0.25) is 0 Å². The minimum absolute atomic E-state index is 0.0339. The average Bonchev–Trinajstić information content (AvgIpc) is 3.48. The molecule has 0 aliphatic carbocycles. The first-order chi connectivity index (χ1) is 18.0. The number of anilines is 3. The summed E-state index contributed by atoms with van der Waals surface area (Å²) in [4.78, 5) is 33.1. The topological polar surface area (TPSA) is 65.1 Å². The Morgan fingerprint density at radius 2 is 1.41 bits per heavy atom. The van der Waals surface area contributed by atoms with Gasteiger partial charge in [-0.05, 0) is 61.7 Å². The van der Waals surface area contributed by atoms with Crippen LogP contribution in [0.25, 0.3) is 0 Å². The summed E-state index contributed by atoms with van der Waals surface area (Å²) in [5.41, 5.74) is 4.84. The van der Waals surface area contributed by atoms with Gasteiger partial charge in [0.05, 0.1) is 18.4 Å². The fourth-order valence-electron chi connectivity index (χ4n) is 5.26. The van der Waals surface area contributed by atoms with Gasteiger partial charge in [-0.25, -0.2) is 0 Å². The lowest BCUT2D eigenvalue weighted by molar-refractivity contribution is 0.0793. The summed E-state index contributed by atoms with van der Waals surface area (Å²) >= 11 is 0. The van der Waals surface area contributed by atoms with Crippen LogP contribution in [0.3, 0.4) is 0 Å². The standard InChI is InChI=1S/C30H34N4O3/c1-22-9-3-4-10-24(22)29(35)31-23-13-14-26(25(21-23)30(36)34-15-7-8-16-34)32-17-19-33(20-18-32)27-11-5-6-12-28(27)37-2/h3-6,9-14,21H,7-8,15-20H2,1-2H3,(H,31,35). The molecule has 3 aromatic carbocycles. The fraction of sp³-hybridized carbons (Fsp3) is 0.333. The maximum atomic E-state index is 13.6. The molecule has 37 heavy (non-hydrogen) atoms. The summed E-state index contributed by atoms with van der Waals surface area (Å²) in [6.45, 7) is 6.69. The number of aryl methyl sites for hydroxylation is 1. The molecule has 2 fully saturated rings. The van der Waals surface area contributed by atoms with Crippen molar-refractivity contribution in [1.82, 2.24) is 4.90 Å². The minimum Gasteiger partial charge on any atom is -0.495 e. The minimum atomic E-state index is -0.171. The molecular formula is C30H34N4O3. The monoisotopic (exact) mass is 498 g/mol. The zero-order chi connectivity index (χ0) is 25.8. The number of amides is 2. The number of methoxy groups -OCH3 is 1. The highest BCUT2D eigenvalue weighted by Gasteiger charge is 2.27. The van der Waals surface area contributed by atoms with Crippen molar-refractivity contribution in [3.05, 3.63) is 83.4 Å². The van der Waals surface area contributed by atoms with E-state index < -0.39 is 0 Å². The zero-order valence-electron chi connectivity index (χ0n) is 21.6. The number of para-hydroxylation sites is 2. The highest BCUT2D eigenvalue weighted by Crippen LogP contribution is 2.32. The predicted octanol–water partition coefficient (Wildman–Crippen LogP) is 4.82. The first-order valence-electron chi connectivity index (χ1n) is 13.0. The van der Waals surface area contributed by atoms with Gasteiger partial charge in [0.25, 0.3) is 11.8 Å². The lowest BCUT2D eigenvalue weighted by Crippen LogP contribution is -2.47. The van der Waals surface area contributed by atoms with Crippen LogP contribution >= 0.6 is 0 Å². The quantitative estimate of drug-likeness (QED) is 0.528. The SMILES string of the molecule is COc1ccccc1N1CCN(c2ccc(NC(=O)c3ccccc3C)cc2C(=O)N2CCCC2)CC1. The second kappa shape index (κ2) is 10.9. The smallest absolute Gasteiger partial charge is 0.256 e. The van der Waals surface area contributed by atoms with E-state index in [-0.39, 0.29) is 11.8 Å². The second-order valence-corrected chi connectivity index (χ2v) is 9.65. The number of hydrogen-bond donors (Lipinski definition) is 1. The first kappa shape index (κ1) is 24.7. The maximum Gasteiger partial charge on any atom is 0.256 e. The third kappa shape index (κ3) is 5.26. The lowest BCUT2D eigenvalue weighted by atomic mass is 10.1. The summed E-state index contributed by atoms with van der Waals surface area (Å²) in [7, 11) is 1.70. The van der Waals surface area contributed by atoms with Gasteiger partial charge in [0, 0.05) is 56.2 Å². The van der Waals surface area contributed by atoms with E-state index in [4.69, 9.17) is 4.74 Å². The molecule has 0 spiro atoms. The fourth-order valence-corrected chi connectivity index (χ4v) is 5.26. The molecule has 0 radical (unpaired) electrons. The second-order valence-electron chi connectivity index (χ2n) is 9.65. The van der Waals surface area contributed by atoms with Crippen molar-refractivity contribution < 1.29 is 14.3 Å². The van der Waals surface area contributed by atoms with Crippen molar-refractivity contribution in [2.24, 2.45) is 0 Å². The van der Waals surface area contributed by atoms with E-state index in [1.807, 2.05) is 72.5 Å². The van der Waals surface area contributed by atoms with Crippen LogP contribution in [0.1, 0.15) is 39.1 Å². The molecule has 5 rings (SSSR count). The molecule has 0 bridgehead atoms. The predicted molar refractivity (Wildman–Crippen MR) is 148 cm³/mol. The van der Waals surface area contributed by atoms with Gasteiger partial charge in [0.15, 0.2) is 0 Å². The van der Waals surface area contributed by atoms with E-state index in [1.165, 1.54) is 0 Å². The van der Waals surface area contributed by atoms with Crippen LogP contribution in [-0.4, -0.2) is 63.1 Å². The van der Waals surface area contributed by atoms with Gasteiger partial charge >= 0.3 is 0 Å². The summed E-state index contributed by atoms with van der Waals surface area (Å²) in [6.07, 6.45) is 2.06. The highest BCUT2D eigenvalue weighted by atomic mass is 16.5. The summed E-state index contributed by atoms with van der Waals surface area (Å²) in [5.74, 6) is 0.733. The zero-order valence-corrected chi connectivity index (χ0v) is 21.6. The first-order valence-corrected chi connectivity index (χ1v) is 13.0. The number of benzene rings is 3. The van der Waals surface area contributed by atoms with E-state index in [9.17, 15) is 9.59 Å². The molecule has 0 aromatic heterocycles. The van der Waals surface area contributed by atoms with Crippen LogP contribution in [0, 0.1) is 6.92 Å². The van der Waals surface area contributed by atoms with Gasteiger partial charge in [-0.2, -0.15) is 0 Å². The number of hydrogen-bond acceptors (Lipinski definition) is 5. The van der Waals surface area contributed by atoms with Crippen molar-refractivity contribution in [3.8, 4) is 5.75 Å². The molecule has 2 aliphatic heterocycles. The van der Waals surface area contributed by atoms with E-state index in [0.717, 1.165) is 74.8 Å². The molecule has 0 unspecified atom stereocenters. The van der Waals surface area contributed by atoms with Crippen LogP contribution in [0.4, 0.5) is 17.1 Å². The number of rotatable bonds is 6. The summed E-state index contributed by atoms with van der Waals surface area (Å²) < 4.78 is 5.56. The number of piperazine rings is 1. The number of ether oxygens (including phenoxy) is 1. The molecule has 2 heterocycles. The lowest BCUT2D eigenvalue weighted by Gasteiger charge is -2.38. The summed E-state index contributed by atoms with van der Waals surface area (Å²) in [5, 5.41) is 3.01. The average molecular weight is 499 g/mol. The molecule has 0 atom stereocenters. The van der Waals surface area contributed by atoms with Crippen molar-refractivity contribution in [2.75, 3.05) is 61.5 Å². The molecule has 2 amide bonds. The largest absolute Gasteiger partial charge is 0.495 e. The molecule has 2 aliphatic rings. The van der Waals surface area contributed by atoms with Crippen LogP contribution in [0.2, 0.25) is 0 Å². The van der Waals surface area contributed by atoms with Gasteiger partial charge in [-0.3, -0.25) is 9.59 Å². The number of nitrogens with one attached hydrogen (secondary N) is 1. The Kier molecular flexibility index (Phi) is 7.30. The van der Waals surface area contributed by atoms with Crippen molar-refractivity contribution in [3.63, 3.8) is 0 Å². The van der Waals surface area contributed by atoms with Gasteiger partial charge in [-0.1, -0.05) is 30.3 Å². The molecule has 192 valence electrons. The Morgan fingerprint density at radius 3 is 2.11 bits per heavy atom. The van der Waals surface area contributed by atoms with E-state index in [2.05, 4.69) is 21.2 Å². The Hall–Kier alpha value is -4.00. The third-order valence-electron chi connectivity index (χ3n) is 7.31. The molecule has 1 N–H and O–H groups in total. The molecule has 0 saturated carbocycles. The Morgan fingerprint density at radius 1 is 0.757 bits per heavy atom. The van der Waals surface area contributed by atoms with E-state index in [1.54, 1.807) is 7.11 Å². The molecule has 7 nitrogen and oxygen atoms in total. The third-order valence-corrected chi connectivity index (χ3v) is 7.31. The number of carbonyl (C=O) groups is 2. The van der Waals surface area contributed by atoms with E-state index in [0.29, 0.717) is 16.8 Å². The van der Waals surface area contributed by atoms with Crippen LogP contribution in [0.15, 0.2) is 66.7 Å². The van der Waals surface area contributed by atoms with Crippen molar-refractivity contribution >= 4 is 28.9 Å². The van der Waals surface area contributed by atoms with Gasteiger partial charge in [-0.15, -0.1) is 0 Å². The van der Waals surface area contributed by atoms with Crippen LogP contribution < -0.4 is 19.9 Å². The number of likely N-dealkylation sites (tertiary alicyclic amines) is 1. The van der Waals surface area contributed by atoms with E-state index >= 15 is 0 Å². The Balaban J connectivity index is 1.38. The Labute approximate surface area is 218 Å². The molecule has 7 heteroatoms. The van der Waals surface area contributed by atoms with Crippen molar-refractivity contribution in [2.45, 2.75) is 19.8 Å². The Bertz CT molecular complexity index is 1280. The number of nitrogens with zero attached hydrogens (tertiary/aromatic N) is 3. The number of carbonyl (C=O) groups excluding carboxylic acids is 2. The van der Waals surface area contributed by atoms with Gasteiger partial charge in [0.1, 0.15) is 5.75 Å². The molecule has 2 saturated heterocycles. The van der Waals surface area contributed by atoms with Gasteiger partial charge < -0.3 is 24.8 Å². The maximum absolute atomic E-state index is 13.6.